The minimum atomic E-state index is -1.26. The number of fused-ring (bicyclic) bond motifs is 1. The molecule has 100 valence electrons. The van der Waals surface area contributed by atoms with Crippen LogP contribution in [0.4, 0.5) is 5.69 Å². The van der Waals surface area contributed by atoms with Gasteiger partial charge in [-0.05, 0) is 6.07 Å². The molecule has 2 heterocycles. The third kappa shape index (κ3) is 2.02. The topological polar surface area (TPSA) is 119 Å². The average Bonchev–Trinajstić information content (AvgIpc) is 2.89. The number of nitro benzene ring substituents is 1. The molecule has 0 bridgehead atoms. The molecule has 1 unspecified atom stereocenters. The van der Waals surface area contributed by atoms with E-state index in [9.17, 15) is 10.1 Å². The standard InChI is InChI=1S/C11H8N6O2S/c12-11(9-10(14-5-13-9)15-6-16-11)20-8-4-2-1-3-7(8)17(18)19/h1-6H,12H2. The second-order valence-corrected chi connectivity index (χ2v) is 5.21. The molecule has 2 N–H and O–H groups in total. The maximum absolute atomic E-state index is 11.0. The van der Waals surface area contributed by atoms with Crippen LogP contribution in [0.2, 0.25) is 0 Å². The summed E-state index contributed by atoms with van der Waals surface area (Å²) in [4.78, 5) is 25.8. The molecule has 1 aromatic carbocycles. The van der Waals surface area contributed by atoms with Crippen LogP contribution in [-0.4, -0.2) is 34.1 Å². The van der Waals surface area contributed by atoms with Crippen LogP contribution in [0.5, 0.6) is 0 Å². The molecule has 1 atom stereocenters. The van der Waals surface area contributed by atoms with E-state index in [4.69, 9.17) is 5.73 Å². The number of benzene rings is 1. The van der Waals surface area contributed by atoms with Crippen molar-refractivity contribution >= 4 is 41.7 Å². The summed E-state index contributed by atoms with van der Waals surface area (Å²) < 4.78 is 0. The van der Waals surface area contributed by atoms with E-state index in [-0.39, 0.29) is 5.69 Å². The van der Waals surface area contributed by atoms with Gasteiger partial charge < -0.3 is 0 Å². The molecule has 0 saturated carbocycles. The molecule has 0 aliphatic carbocycles. The Morgan fingerprint density at radius 2 is 2.05 bits per heavy atom. The van der Waals surface area contributed by atoms with Gasteiger partial charge in [0.15, 0.2) is 5.84 Å². The van der Waals surface area contributed by atoms with E-state index in [1.165, 1.54) is 18.7 Å². The van der Waals surface area contributed by atoms with Crippen molar-refractivity contribution in [3.05, 3.63) is 34.4 Å². The lowest BCUT2D eigenvalue weighted by Gasteiger charge is -2.25. The van der Waals surface area contributed by atoms with Crippen LogP contribution in [0.3, 0.4) is 0 Å². The zero-order valence-electron chi connectivity index (χ0n) is 10.0. The van der Waals surface area contributed by atoms with Gasteiger partial charge in [0.05, 0.1) is 9.82 Å². The highest BCUT2D eigenvalue weighted by atomic mass is 32.2. The fraction of sp³-hybridized carbons (Fsp3) is 0.0909. The number of nitrogens with two attached hydrogens (primary N) is 1. The molecule has 1 aromatic rings. The zero-order valence-corrected chi connectivity index (χ0v) is 10.8. The van der Waals surface area contributed by atoms with Crippen molar-refractivity contribution in [3.8, 4) is 0 Å². The fourth-order valence-electron chi connectivity index (χ4n) is 1.77. The predicted octanol–water partition coefficient (Wildman–Crippen LogP) is 1.22. The van der Waals surface area contributed by atoms with Gasteiger partial charge in [0, 0.05) is 6.07 Å². The smallest absolute Gasteiger partial charge is 0.283 e. The second-order valence-electron chi connectivity index (χ2n) is 3.94. The third-order valence-electron chi connectivity index (χ3n) is 2.68. The van der Waals surface area contributed by atoms with Gasteiger partial charge in [-0.25, -0.2) is 20.0 Å². The quantitative estimate of drug-likeness (QED) is 0.511. The molecule has 3 rings (SSSR count). The Morgan fingerprint density at radius 3 is 2.85 bits per heavy atom. The molecule has 0 spiro atoms. The summed E-state index contributed by atoms with van der Waals surface area (Å²) in [5.74, 6) is 0.383. The van der Waals surface area contributed by atoms with Crippen LogP contribution in [0.1, 0.15) is 0 Å². The SMILES string of the molecule is NC1(Sc2ccccc2[N+](=O)[O-])N=CN=C2N=CN=C21. The Morgan fingerprint density at radius 1 is 1.25 bits per heavy atom. The first-order valence-corrected chi connectivity index (χ1v) is 6.36. The first-order valence-electron chi connectivity index (χ1n) is 5.54. The van der Waals surface area contributed by atoms with E-state index in [1.54, 1.807) is 18.2 Å². The third-order valence-corrected chi connectivity index (χ3v) is 3.85. The van der Waals surface area contributed by atoms with E-state index in [1.807, 2.05) is 0 Å². The van der Waals surface area contributed by atoms with Crippen molar-refractivity contribution in [2.75, 3.05) is 0 Å². The summed E-state index contributed by atoms with van der Waals surface area (Å²) in [5.41, 5.74) is 6.56. The number of hydrogen-bond donors (Lipinski definition) is 1. The fourth-order valence-corrected chi connectivity index (χ4v) is 2.84. The highest BCUT2D eigenvalue weighted by Gasteiger charge is 2.40. The highest BCUT2D eigenvalue weighted by molar-refractivity contribution is 8.01. The lowest BCUT2D eigenvalue weighted by atomic mass is 10.2. The minimum Gasteiger partial charge on any atom is -0.293 e. The van der Waals surface area contributed by atoms with Crippen molar-refractivity contribution in [2.24, 2.45) is 25.7 Å². The predicted molar refractivity (Wildman–Crippen MR) is 77.7 cm³/mol. The summed E-state index contributed by atoms with van der Waals surface area (Å²) in [5, 5.41) is 11.0. The lowest BCUT2D eigenvalue weighted by Crippen LogP contribution is -2.47. The van der Waals surface area contributed by atoms with Crippen molar-refractivity contribution in [1.29, 1.82) is 0 Å². The van der Waals surface area contributed by atoms with E-state index < -0.39 is 9.92 Å². The molecule has 0 aromatic heterocycles. The lowest BCUT2D eigenvalue weighted by molar-refractivity contribution is -0.387. The van der Waals surface area contributed by atoms with Crippen LogP contribution in [0, 0.1) is 10.1 Å². The molecule has 0 radical (unpaired) electrons. The van der Waals surface area contributed by atoms with Crippen molar-refractivity contribution in [2.45, 2.75) is 9.89 Å². The molecular formula is C11H8N6O2S. The average molecular weight is 288 g/mol. The minimum absolute atomic E-state index is 0.0268. The number of nitro groups is 1. The Hall–Kier alpha value is -2.39. The summed E-state index contributed by atoms with van der Waals surface area (Å²) in [6.07, 6.45) is 2.63. The van der Waals surface area contributed by atoms with E-state index in [0.29, 0.717) is 16.4 Å². The molecule has 2 aliphatic rings. The van der Waals surface area contributed by atoms with Gasteiger partial charge in [-0.15, -0.1) is 0 Å². The molecule has 0 saturated heterocycles. The Balaban J connectivity index is 1.98. The van der Waals surface area contributed by atoms with E-state index >= 15 is 0 Å². The number of hydrogen-bond acceptors (Lipinski definition) is 8. The normalized spacial score (nSPS) is 23.2. The van der Waals surface area contributed by atoms with Gasteiger partial charge in [-0.3, -0.25) is 15.8 Å². The molecule has 0 fully saturated rings. The molecule has 20 heavy (non-hydrogen) atoms. The molecular weight excluding hydrogens is 280 g/mol. The van der Waals surface area contributed by atoms with Gasteiger partial charge in [-0.1, -0.05) is 23.9 Å². The summed E-state index contributed by atoms with van der Waals surface area (Å²) in [6.45, 7) is 0. The largest absolute Gasteiger partial charge is 0.293 e. The number of nitrogens with zero attached hydrogens (tertiary/aromatic N) is 5. The Kier molecular flexibility index (Phi) is 2.92. The molecule has 0 amide bonds. The van der Waals surface area contributed by atoms with Gasteiger partial charge >= 0.3 is 0 Å². The summed E-state index contributed by atoms with van der Waals surface area (Å²) in [6, 6.07) is 6.33. The van der Waals surface area contributed by atoms with Gasteiger partial charge in [0.2, 0.25) is 4.99 Å². The number of rotatable bonds is 3. The van der Waals surface area contributed by atoms with E-state index in [2.05, 4.69) is 20.0 Å². The van der Waals surface area contributed by atoms with E-state index in [0.717, 1.165) is 11.8 Å². The first kappa shape index (κ1) is 12.6. The Bertz CT molecular complexity index is 711. The Labute approximate surface area is 117 Å². The molecule has 2 aliphatic heterocycles. The highest BCUT2D eigenvalue weighted by Crippen LogP contribution is 2.38. The van der Waals surface area contributed by atoms with Crippen LogP contribution in [0.25, 0.3) is 0 Å². The zero-order chi connectivity index (χ0) is 14.2. The van der Waals surface area contributed by atoms with Crippen LogP contribution >= 0.6 is 11.8 Å². The molecule has 9 heteroatoms. The van der Waals surface area contributed by atoms with Crippen molar-refractivity contribution in [3.63, 3.8) is 0 Å². The van der Waals surface area contributed by atoms with Crippen LogP contribution in [0.15, 0.2) is 49.1 Å². The number of para-hydroxylation sites is 1. The maximum atomic E-state index is 11.0. The van der Waals surface area contributed by atoms with Gasteiger partial charge in [0.25, 0.3) is 5.69 Å². The number of amidine groups is 1. The number of thioether (sulfide) groups is 1. The van der Waals surface area contributed by atoms with Gasteiger partial charge in [-0.2, -0.15) is 0 Å². The second kappa shape index (κ2) is 4.62. The monoisotopic (exact) mass is 288 g/mol. The van der Waals surface area contributed by atoms with Crippen molar-refractivity contribution < 1.29 is 4.92 Å². The summed E-state index contributed by atoms with van der Waals surface area (Å²) >= 11 is 1.04. The van der Waals surface area contributed by atoms with Crippen molar-refractivity contribution in [1.82, 2.24) is 0 Å². The van der Waals surface area contributed by atoms with Crippen LogP contribution < -0.4 is 5.73 Å². The van der Waals surface area contributed by atoms with Crippen LogP contribution in [-0.2, 0) is 0 Å². The van der Waals surface area contributed by atoms with Gasteiger partial charge in [0.1, 0.15) is 18.4 Å². The number of aliphatic imine (C=N–C) groups is 4. The summed E-state index contributed by atoms with van der Waals surface area (Å²) in [7, 11) is 0. The first-order chi connectivity index (χ1) is 9.60. The maximum Gasteiger partial charge on any atom is 0.283 e. The molecule has 8 nitrogen and oxygen atoms in total.